The Labute approximate surface area is 103 Å². The largest absolute Gasteiger partial charge is 0.479 e. The Hall–Kier alpha value is -0.850. The lowest BCUT2D eigenvalue weighted by Crippen LogP contribution is -2.22. The molecule has 0 bridgehead atoms. The molecule has 1 amide bonds. The SMILES string of the molecule is CC(I)Oc1ccc(C(=O)N(C)C)nc1. The second-order valence-corrected chi connectivity index (χ2v) is 4.99. The highest BCUT2D eigenvalue weighted by Crippen LogP contribution is 2.14. The van der Waals surface area contributed by atoms with Crippen LogP contribution < -0.4 is 4.74 Å². The highest BCUT2D eigenvalue weighted by molar-refractivity contribution is 14.1. The molecular formula is C10H13IN2O2. The zero-order chi connectivity index (χ0) is 11.4. The molecule has 0 aromatic carbocycles. The number of ether oxygens (including phenoxy) is 1. The van der Waals surface area contributed by atoms with Crippen LogP contribution in [0.5, 0.6) is 5.75 Å². The molecule has 1 aromatic heterocycles. The number of hydrogen-bond acceptors (Lipinski definition) is 3. The van der Waals surface area contributed by atoms with Crippen molar-refractivity contribution in [2.45, 2.75) is 11.0 Å². The molecule has 5 heteroatoms. The number of nitrogens with zero attached hydrogens (tertiary/aromatic N) is 2. The van der Waals surface area contributed by atoms with E-state index in [0.29, 0.717) is 11.4 Å². The maximum absolute atomic E-state index is 11.5. The molecule has 0 N–H and O–H groups in total. The van der Waals surface area contributed by atoms with Crippen molar-refractivity contribution in [3.63, 3.8) is 0 Å². The summed E-state index contributed by atoms with van der Waals surface area (Å²) < 4.78 is 5.49. The highest BCUT2D eigenvalue weighted by Gasteiger charge is 2.09. The van der Waals surface area contributed by atoms with Gasteiger partial charge >= 0.3 is 0 Å². The summed E-state index contributed by atoms with van der Waals surface area (Å²) in [5.74, 6) is 0.566. The Morgan fingerprint density at radius 2 is 2.20 bits per heavy atom. The number of halogens is 1. The third-order valence-electron chi connectivity index (χ3n) is 1.66. The first-order valence-electron chi connectivity index (χ1n) is 4.49. The van der Waals surface area contributed by atoms with Crippen molar-refractivity contribution in [1.29, 1.82) is 0 Å². The zero-order valence-electron chi connectivity index (χ0n) is 8.90. The maximum Gasteiger partial charge on any atom is 0.271 e. The van der Waals surface area contributed by atoms with Crippen LogP contribution in [0.25, 0.3) is 0 Å². The molecule has 0 saturated heterocycles. The molecular weight excluding hydrogens is 307 g/mol. The smallest absolute Gasteiger partial charge is 0.271 e. The Balaban J connectivity index is 2.76. The Bertz CT molecular complexity index is 336. The van der Waals surface area contributed by atoms with Gasteiger partial charge in [-0.3, -0.25) is 4.79 Å². The summed E-state index contributed by atoms with van der Waals surface area (Å²) in [4.78, 5) is 17.0. The average Bonchev–Trinajstić information content (AvgIpc) is 2.17. The van der Waals surface area contributed by atoms with E-state index in [-0.39, 0.29) is 10.0 Å². The molecule has 0 spiro atoms. The third kappa shape index (κ3) is 3.65. The van der Waals surface area contributed by atoms with Gasteiger partial charge in [-0.2, -0.15) is 0 Å². The van der Waals surface area contributed by atoms with Crippen LogP contribution >= 0.6 is 22.6 Å². The molecule has 0 saturated carbocycles. The van der Waals surface area contributed by atoms with E-state index < -0.39 is 0 Å². The topological polar surface area (TPSA) is 42.4 Å². The number of carbonyl (C=O) groups excluding carboxylic acids is 1. The van der Waals surface area contributed by atoms with Crippen molar-refractivity contribution in [1.82, 2.24) is 9.88 Å². The highest BCUT2D eigenvalue weighted by atomic mass is 127. The van der Waals surface area contributed by atoms with Crippen LogP contribution in [0.3, 0.4) is 0 Å². The van der Waals surface area contributed by atoms with Crippen LogP contribution in [0.4, 0.5) is 0 Å². The van der Waals surface area contributed by atoms with Crippen molar-refractivity contribution < 1.29 is 9.53 Å². The predicted octanol–water partition coefficient (Wildman–Crippen LogP) is 1.94. The first-order chi connectivity index (χ1) is 7.00. The molecule has 0 aliphatic heterocycles. The van der Waals surface area contributed by atoms with Crippen LogP contribution in [-0.4, -0.2) is 34.0 Å². The number of alkyl halides is 1. The fraction of sp³-hybridized carbons (Fsp3) is 0.400. The van der Waals surface area contributed by atoms with Crippen LogP contribution in [-0.2, 0) is 0 Å². The average molecular weight is 320 g/mol. The van der Waals surface area contributed by atoms with Gasteiger partial charge in [0, 0.05) is 14.1 Å². The van der Waals surface area contributed by atoms with E-state index in [1.165, 1.54) is 4.90 Å². The van der Waals surface area contributed by atoms with Crippen molar-refractivity contribution >= 4 is 28.5 Å². The zero-order valence-corrected chi connectivity index (χ0v) is 11.1. The fourth-order valence-corrected chi connectivity index (χ4v) is 1.29. The van der Waals surface area contributed by atoms with Crippen molar-refractivity contribution in [2.75, 3.05) is 14.1 Å². The number of carbonyl (C=O) groups is 1. The van der Waals surface area contributed by atoms with Gasteiger partial charge in [-0.15, -0.1) is 0 Å². The Morgan fingerprint density at radius 1 is 1.53 bits per heavy atom. The lowest BCUT2D eigenvalue weighted by atomic mass is 10.3. The van der Waals surface area contributed by atoms with E-state index in [2.05, 4.69) is 27.6 Å². The molecule has 15 heavy (non-hydrogen) atoms. The summed E-state index contributed by atoms with van der Waals surface area (Å²) >= 11 is 2.15. The lowest BCUT2D eigenvalue weighted by molar-refractivity contribution is 0.0822. The van der Waals surface area contributed by atoms with Gasteiger partial charge < -0.3 is 9.64 Å². The van der Waals surface area contributed by atoms with Crippen molar-refractivity contribution in [3.05, 3.63) is 24.0 Å². The van der Waals surface area contributed by atoms with E-state index in [1.807, 2.05) is 6.92 Å². The Kier molecular flexibility index (Phi) is 4.31. The Morgan fingerprint density at radius 3 is 2.60 bits per heavy atom. The summed E-state index contributed by atoms with van der Waals surface area (Å²) in [5, 5.41) is 0. The van der Waals surface area contributed by atoms with Crippen LogP contribution in [0.2, 0.25) is 0 Å². The lowest BCUT2D eigenvalue weighted by Gasteiger charge is -2.10. The van der Waals surface area contributed by atoms with Gasteiger partial charge in [-0.1, -0.05) is 0 Å². The van der Waals surface area contributed by atoms with Gasteiger partial charge in [0.25, 0.3) is 5.91 Å². The van der Waals surface area contributed by atoms with Crippen LogP contribution in [0.1, 0.15) is 17.4 Å². The molecule has 1 rings (SSSR count). The minimum absolute atomic E-state index is 0.0831. The number of pyridine rings is 1. The number of amides is 1. The van der Waals surface area contributed by atoms with Crippen molar-refractivity contribution in [3.8, 4) is 5.75 Å². The molecule has 82 valence electrons. The van der Waals surface area contributed by atoms with Gasteiger partial charge in [0.15, 0.2) is 0 Å². The molecule has 4 nitrogen and oxygen atoms in total. The van der Waals surface area contributed by atoms with Gasteiger partial charge in [0.1, 0.15) is 15.6 Å². The van der Waals surface area contributed by atoms with Gasteiger partial charge in [0.2, 0.25) is 0 Å². The summed E-state index contributed by atoms with van der Waals surface area (Å²) in [6.07, 6.45) is 1.56. The monoisotopic (exact) mass is 320 g/mol. The van der Waals surface area contributed by atoms with Gasteiger partial charge in [-0.25, -0.2) is 4.98 Å². The maximum atomic E-state index is 11.5. The first-order valence-corrected chi connectivity index (χ1v) is 5.73. The number of rotatable bonds is 3. The molecule has 1 heterocycles. The predicted molar refractivity (Wildman–Crippen MR) is 66.4 cm³/mol. The van der Waals surface area contributed by atoms with Gasteiger partial charge in [0.05, 0.1) is 6.20 Å². The molecule has 0 aliphatic rings. The number of aromatic nitrogens is 1. The summed E-state index contributed by atoms with van der Waals surface area (Å²) in [6, 6.07) is 3.41. The van der Waals surface area contributed by atoms with Crippen LogP contribution in [0.15, 0.2) is 18.3 Å². The van der Waals surface area contributed by atoms with Crippen LogP contribution in [0, 0.1) is 0 Å². The van der Waals surface area contributed by atoms with E-state index in [4.69, 9.17) is 4.74 Å². The molecule has 1 unspecified atom stereocenters. The first kappa shape index (κ1) is 12.2. The summed E-state index contributed by atoms with van der Waals surface area (Å²) in [5.41, 5.74) is 0.425. The minimum Gasteiger partial charge on any atom is -0.479 e. The number of hydrogen-bond donors (Lipinski definition) is 0. The van der Waals surface area contributed by atoms with E-state index in [1.54, 1.807) is 32.4 Å². The second kappa shape index (κ2) is 5.29. The third-order valence-corrected chi connectivity index (χ3v) is 1.91. The summed E-state index contributed by atoms with van der Waals surface area (Å²) in [6.45, 7) is 1.93. The van der Waals surface area contributed by atoms with E-state index in [9.17, 15) is 4.79 Å². The second-order valence-electron chi connectivity index (χ2n) is 3.24. The fourth-order valence-electron chi connectivity index (χ4n) is 0.993. The van der Waals surface area contributed by atoms with E-state index >= 15 is 0 Å². The quantitative estimate of drug-likeness (QED) is 0.631. The molecule has 1 atom stereocenters. The molecule has 0 fully saturated rings. The normalized spacial score (nSPS) is 12.0. The molecule has 0 aliphatic carbocycles. The molecule has 1 aromatic rings. The van der Waals surface area contributed by atoms with Crippen molar-refractivity contribution in [2.24, 2.45) is 0 Å². The molecule has 0 radical (unpaired) electrons. The minimum atomic E-state index is -0.107. The standard InChI is InChI=1S/C10H13IN2O2/c1-7(11)15-8-4-5-9(12-6-8)10(14)13(2)3/h4-7H,1-3H3. The van der Waals surface area contributed by atoms with E-state index in [0.717, 1.165) is 0 Å². The van der Waals surface area contributed by atoms with Gasteiger partial charge in [-0.05, 0) is 41.6 Å². The summed E-state index contributed by atoms with van der Waals surface area (Å²) in [7, 11) is 3.39.